The van der Waals surface area contributed by atoms with Crippen LogP contribution in [0.2, 0.25) is 0 Å². The van der Waals surface area contributed by atoms with Crippen molar-refractivity contribution < 1.29 is 14.3 Å². The van der Waals surface area contributed by atoms with Gasteiger partial charge in [-0.3, -0.25) is 9.59 Å². The summed E-state index contributed by atoms with van der Waals surface area (Å²) in [5.41, 5.74) is 2.07. The van der Waals surface area contributed by atoms with Crippen molar-refractivity contribution in [3.63, 3.8) is 0 Å². The summed E-state index contributed by atoms with van der Waals surface area (Å²) >= 11 is 0. The molecular weight excluding hydrogens is 566 g/mol. The predicted octanol–water partition coefficient (Wildman–Crippen LogP) is 5.28. The lowest BCUT2D eigenvalue weighted by Crippen LogP contribution is -2.42. The summed E-state index contributed by atoms with van der Waals surface area (Å²) in [6.07, 6.45) is 7.96. The summed E-state index contributed by atoms with van der Waals surface area (Å²) in [5, 5.41) is 9.16. The van der Waals surface area contributed by atoms with Crippen molar-refractivity contribution in [2.45, 2.75) is 57.2 Å². The van der Waals surface area contributed by atoms with Gasteiger partial charge in [-0.1, -0.05) is 24.3 Å². The van der Waals surface area contributed by atoms with E-state index >= 15 is 0 Å². The summed E-state index contributed by atoms with van der Waals surface area (Å²) in [4.78, 5) is 32.1. The first-order chi connectivity index (χ1) is 21.7. The molecule has 45 heavy (non-hydrogen) atoms. The maximum Gasteiger partial charge on any atom is 0.256 e. The molecule has 0 radical (unpaired) electrons. The van der Waals surface area contributed by atoms with E-state index in [0.29, 0.717) is 35.0 Å². The number of pyridine rings is 1. The molecule has 0 aliphatic carbocycles. The van der Waals surface area contributed by atoms with E-state index in [0.717, 1.165) is 66.9 Å². The van der Waals surface area contributed by atoms with Gasteiger partial charge in [-0.15, -0.1) is 0 Å². The number of rotatable bonds is 7. The first-order valence-corrected chi connectivity index (χ1v) is 16.1. The van der Waals surface area contributed by atoms with Crippen molar-refractivity contribution in [3.8, 4) is 17.2 Å². The molecule has 0 spiro atoms. The molecule has 0 saturated carbocycles. The SMILES string of the molecule is CN1CCCC1CCNC(=O)c1cn2c3c(c(N4CCC(NC5=CC(C)(C)O5)C4)ccc3c1=O)Oc1cc3ccccc3cc1-2. The number of ether oxygens (including phenoxy) is 2. The van der Waals surface area contributed by atoms with Crippen LogP contribution in [-0.2, 0) is 4.74 Å². The molecule has 1 amide bonds. The Bertz CT molecular complexity index is 1950. The standard InChI is InChI=1S/C36H39N5O4/c1-36(2)19-31(45-36)38-24-13-16-40(20-24)28-11-10-26-32-34(28)44-30-18-23-8-5-4-7-22(23)17-29(30)41(32)21-27(33(26)42)35(43)37-14-12-25-9-6-15-39(25)3/h4-5,7-8,10-11,17-19,21,24-25,38H,6,9,12-16,20H2,1-3H3,(H,37,43). The zero-order valence-electron chi connectivity index (χ0n) is 26.1. The number of aromatic nitrogens is 1. The van der Waals surface area contributed by atoms with Gasteiger partial charge in [-0.25, -0.2) is 0 Å². The molecule has 2 fully saturated rings. The number of nitrogens with one attached hydrogen (secondary N) is 2. The molecule has 5 heterocycles. The zero-order valence-corrected chi connectivity index (χ0v) is 26.1. The van der Waals surface area contributed by atoms with E-state index in [1.54, 1.807) is 6.20 Å². The number of hydrogen-bond acceptors (Lipinski definition) is 7. The van der Waals surface area contributed by atoms with E-state index < -0.39 is 0 Å². The third-order valence-electron chi connectivity index (χ3n) is 9.80. The molecule has 4 aliphatic heterocycles. The fraction of sp³-hybridized carbons (Fsp3) is 0.389. The number of carbonyl (C=O) groups is 1. The maximum absolute atomic E-state index is 13.9. The Morgan fingerprint density at radius 1 is 1.04 bits per heavy atom. The molecule has 4 aliphatic rings. The summed E-state index contributed by atoms with van der Waals surface area (Å²) < 4.78 is 14.6. The Kier molecular flexibility index (Phi) is 6.57. The van der Waals surface area contributed by atoms with E-state index in [1.165, 1.54) is 6.42 Å². The molecule has 9 heteroatoms. The highest BCUT2D eigenvalue weighted by molar-refractivity contribution is 6.02. The van der Waals surface area contributed by atoms with Crippen molar-refractivity contribution in [1.82, 2.24) is 20.1 Å². The second-order valence-electron chi connectivity index (χ2n) is 13.4. The van der Waals surface area contributed by atoms with Gasteiger partial charge in [-0.05, 0) is 88.2 Å². The van der Waals surface area contributed by atoms with Crippen molar-refractivity contribution in [1.29, 1.82) is 0 Å². The highest BCUT2D eigenvalue weighted by Crippen LogP contribution is 2.47. The average Bonchev–Trinajstić information content (AvgIpc) is 3.65. The van der Waals surface area contributed by atoms with E-state index in [4.69, 9.17) is 9.47 Å². The van der Waals surface area contributed by atoms with Gasteiger partial charge in [0.1, 0.15) is 16.7 Å². The molecule has 2 saturated heterocycles. The van der Waals surface area contributed by atoms with E-state index in [-0.39, 0.29) is 28.5 Å². The summed E-state index contributed by atoms with van der Waals surface area (Å²) in [5.74, 6) is 1.83. The predicted molar refractivity (Wildman–Crippen MR) is 177 cm³/mol. The van der Waals surface area contributed by atoms with Crippen LogP contribution in [0.1, 0.15) is 49.9 Å². The molecule has 3 aromatic carbocycles. The largest absolute Gasteiger partial charge is 0.469 e. The number of likely N-dealkylation sites (tertiary alicyclic amines) is 1. The first-order valence-electron chi connectivity index (χ1n) is 16.1. The van der Waals surface area contributed by atoms with Gasteiger partial charge in [0.25, 0.3) is 5.91 Å². The Morgan fingerprint density at radius 2 is 1.84 bits per heavy atom. The van der Waals surface area contributed by atoms with Crippen LogP contribution in [0.5, 0.6) is 11.5 Å². The van der Waals surface area contributed by atoms with E-state index in [2.05, 4.69) is 51.8 Å². The zero-order chi connectivity index (χ0) is 30.9. The van der Waals surface area contributed by atoms with Crippen LogP contribution in [-0.4, -0.2) is 66.3 Å². The maximum atomic E-state index is 13.9. The average molecular weight is 606 g/mol. The summed E-state index contributed by atoms with van der Waals surface area (Å²) in [6.45, 7) is 7.32. The molecule has 4 aromatic rings. The van der Waals surface area contributed by atoms with Crippen LogP contribution in [0.3, 0.4) is 0 Å². The van der Waals surface area contributed by atoms with Gasteiger partial charge in [0.2, 0.25) is 5.43 Å². The van der Waals surface area contributed by atoms with Gasteiger partial charge in [0, 0.05) is 44.0 Å². The van der Waals surface area contributed by atoms with E-state index in [1.807, 2.05) is 48.7 Å². The Balaban J connectivity index is 1.17. The van der Waals surface area contributed by atoms with Crippen molar-refractivity contribution in [2.75, 3.05) is 38.1 Å². The Hall–Kier alpha value is -4.50. The van der Waals surface area contributed by atoms with E-state index in [9.17, 15) is 9.59 Å². The lowest BCUT2D eigenvalue weighted by atomic mass is 10.0. The molecule has 2 unspecified atom stereocenters. The molecule has 232 valence electrons. The first kappa shape index (κ1) is 28.0. The molecular formula is C36H39N5O4. The Morgan fingerprint density at radius 3 is 2.60 bits per heavy atom. The number of anilines is 1. The number of amides is 1. The molecule has 2 N–H and O–H groups in total. The topological polar surface area (TPSA) is 88.1 Å². The van der Waals surface area contributed by atoms with Crippen LogP contribution in [0.15, 0.2) is 71.5 Å². The van der Waals surface area contributed by atoms with Crippen LogP contribution in [0.4, 0.5) is 5.69 Å². The number of benzene rings is 3. The minimum atomic E-state index is -0.338. The molecule has 0 bridgehead atoms. The van der Waals surface area contributed by atoms with Crippen LogP contribution in [0, 0.1) is 0 Å². The monoisotopic (exact) mass is 605 g/mol. The van der Waals surface area contributed by atoms with Crippen LogP contribution >= 0.6 is 0 Å². The van der Waals surface area contributed by atoms with Crippen molar-refractivity contribution in [2.24, 2.45) is 0 Å². The normalized spacial score (nSPS) is 21.6. The van der Waals surface area contributed by atoms with Crippen LogP contribution in [0.25, 0.3) is 27.4 Å². The Labute approximate surface area is 262 Å². The number of hydrogen-bond donors (Lipinski definition) is 2. The highest BCUT2D eigenvalue weighted by Gasteiger charge is 2.34. The van der Waals surface area contributed by atoms with Gasteiger partial charge < -0.3 is 34.5 Å². The highest BCUT2D eigenvalue weighted by atomic mass is 16.5. The van der Waals surface area contributed by atoms with Crippen molar-refractivity contribution in [3.05, 3.63) is 82.5 Å². The fourth-order valence-electron chi connectivity index (χ4n) is 7.43. The quantitative estimate of drug-likeness (QED) is 0.261. The molecule has 9 nitrogen and oxygen atoms in total. The van der Waals surface area contributed by atoms with Gasteiger partial charge in [0.15, 0.2) is 17.4 Å². The minimum absolute atomic E-state index is 0.143. The fourth-order valence-corrected chi connectivity index (χ4v) is 7.43. The summed E-state index contributed by atoms with van der Waals surface area (Å²) in [6, 6.07) is 16.8. The smallest absolute Gasteiger partial charge is 0.256 e. The molecule has 8 rings (SSSR count). The second kappa shape index (κ2) is 10.5. The van der Waals surface area contributed by atoms with Gasteiger partial charge in [-0.2, -0.15) is 0 Å². The number of fused-ring (bicyclic) bond motifs is 3. The number of carbonyl (C=O) groups excluding carboxylic acids is 1. The van der Waals surface area contributed by atoms with Gasteiger partial charge in [0.05, 0.1) is 16.8 Å². The van der Waals surface area contributed by atoms with Gasteiger partial charge >= 0.3 is 0 Å². The van der Waals surface area contributed by atoms with Crippen molar-refractivity contribution >= 4 is 33.3 Å². The summed E-state index contributed by atoms with van der Waals surface area (Å²) in [7, 11) is 2.13. The lowest BCUT2D eigenvalue weighted by molar-refractivity contribution is 0.0107. The third kappa shape index (κ3) is 4.90. The minimum Gasteiger partial charge on any atom is -0.469 e. The number of nitrogens with zero attached hydrogens (tertiary/aromatic N) is 3. The second-order valence-corrected chi connectivity index (χ2v) is 13.4. The molecule has 1 aromatic heterocycles. The lowest BCUT2D eigenvalue weighted by Gasteiger charge is -2.35. The molecule has 2 atom stereocenters. The van der Waals surface area contributed by atoms with Crippen LogP contribution < -0.4 is 25.7 Å². The third-order valence-corrected chi connectivity index (χ3v) is 9.80.